The van der Waals surface area contributed by atoms with E-state index in [9.17, 15) is 13.2 Å². The Morgan fingerprint density at radius 1 is 0.938 bits per heavy atom. The number of carbonyl (C=O) groups excluding carboxylic acids is 1. The largest absolute Gasteiger partial charge is 0.348 e. The zero-order chi connectivity index (χ0) is 22.6. The van der Waals surface area contributed by atoms with E-state index in [1.165, 1.54) is 19.2 Å². The Labute approximate surface area is 186 Å². The van der Waals surface area contributed by atoms with Gasteiger partial charge in [0.25, 0.3) is 5.91 Å². The SMILES string of the molecule is CNS(=O)(=O)c1cccc(C(=O)NCc2cn(-c3ccccc3)nc2-c2ccccc2)c1. The molecule has 1 aromatic heterocycles. The highest BCUT2D eigenvalue weighted by molar-refractivity contribution is 7.89. The van der Waals surface area contributed by atoms with Gasteiger partial charge >= 0.3 is 0 Å². The number of hydrogen-bond donors (Lipinski definition) is 2. The maximum atomic E-state index is 12.8. The Kier molecular flexibility index (Phi) is 6.16. The van der Waals surface area contributed by atoms with E-state index < -0.39 is 10.0 Å². The van der Waals surface area contributed by atoms with E-state index in [1.807, 2.05) is 66.9 Å². The van der Waals surface area contributed by atoms with Gasteiger partial charge in [0.15, 0.2) is 0 Å². The monoisotopic (exact) mass is 446 g/mol. The first-order valence-corrected chi connectivity index (χ1v) is 11.5. The van der Waals surface area contributed by atoms with E-state index >= 15 is 0 Å². The lowest BCUT2D eigenvalue weighted by Gasteiger charge is -2.08. The number of nitrogens with one attached hydrogen (secondary N) is 2. The lowest BCUT2D eigenvalue weighted by molar-refractivity contribution is 0.0950. The fourth-order valence-corrected chi connectivity index (χ4v) is 4.07. The van der Waals surface area contributed by atoms with Crippen molar-refractivity contribution in [1.82, 2.24) is 19.8 Å². The minimum atomic E-state index is -3.63. The lowest BCUT2D eigenvalue weighted by Crippen LogP contribution is -2.24. The summed E-state index contributed by atoms with van der Waals surface area (Å²) in [6.45, 7) is 0.235. The number of hydrogen-bond acceptors (Lipinski definition) is 4. The third-order valence-electron chi connectivity index (χ3n) is 4.97. The molecule has 0 saturated heterocycles. The molecule has 3 aromatic carbocycles. The molecule has 1 amide bonds. The van der Waals surface area contributed by atoms with E-state index in [4.69, 9.17) is 5.10 Å². The number of carbonyl (C=O) groups is 1. The van der Waals surface area contributed by atoms with Crippen molar-refractivity contribution in [2.75, 3.05) is 7.05 Å². The summed E-state index contributed by atoms with van der Waals surface area (Å²) in [5, 5.41) is 7.62. The van der Waals surface area contributed by atoms with Gasteiger partial charge in [-0.1, -0.05) is 54.6 Å². The zero-order valence-corrected chi connectivity index (χ0v) is 18.2. The average Bonchev–Trinajstić information content (AvgIpc) is 3.28. The molecule has 0 radical (unpaired) electrons. The predicted octanol–water partition coefficient (Wildman–Crippen LogP) is 3.38. The molecule has 0 aliphatic carbocycles. The predicted molar refractivity (Wildman–Crippen MR) is 123 cm³/mol. The minimum Gasteiger partial charge on any atom is -0.348 e. The van der Waals surface area contributed by atoms with Gasteiger partial charge < -0.3 is 5.32 Å². The van der Waals surface area contributed by atoms with Gasteiger partial charge in [-0.25, -0.2) is 17.8 Å². The minimum absolute atomic E-state index is 0.0366. The summed E-state index contributed by atoms with van der Waals surface area (Å²) in [5.74, 6) is -0.371. The summed E-state index contributed by atoms with van der Waals surface area (Å²) in [6, 6.07) is 25.4. The van der Waals surface area contributed by atoms with E-state index in [1.54, 1.807) is 16.8 Å². The normalized spacial score (nSPS) is 11.3. The molecule has 0 atom stereocenters. The number of nitrogens with zero attached hydrogens (tertiary/aromatic N) is 2. The van der Waals surface area contributed by atoms with Crippen LogP contribution in [0.25, 0.3) is 16.9 Å². The molecule has 0 aliphatic heterocycles. The van der Waals surface area contributed by atoms with Crippen LogP contribution in [0.2, 0.25) is 0 Å². The van der Waals surface area contributed by atoms with Crippen LogP contribution >= 0.6 is 0 Å². The van der Waals surface area contributed by atoms with Crippen LogP contribution in [0.15, 0.2) is 96.0 Å². The number of amides is 1. The molecule has 8 heteroatoms. The first-order chi connectivity index (χ1) is 15.5. The van der Waals surface area contributed by atoms with Crippen LogP contribution in [0.4, 0.5) is 0 Å². The van der Waals surface area contributed by atoms with Gasteiger partial charge in [0.1, 0.15) is 0 Å². The fourth-order valence-electron chi connectivity index (χ4n) is 3.29. The van der Waals surface area contributed by atoms with Gasteiger partial charge in [-0.3, -0.25) is 4.79 Å². The van der Waals surface area contributed by atoms with Crippen molar-refractivity contribution in [2.45, 2.75) is 11.4 Å². The van der Waals surface area contributed by atoms with Crippen molar-refractivity contribution >= 4 is 15.9 Å². The van der Waals surface area contributed by atoms with Crippen molar-refractivity contribution in [3.05, 3.63) is 102 Å². The van der Waals surface area contributed by atoms with Crippen molar-refractivity contribution in [1.29, 1.82) is 0 Å². The van der Waals surface area contributed by atoms with Crippen LogP contribution in [0.1, 0.15) is 15.9 Å². The Bertz CT molecular complexity index is 1330. The maximum absolute atomic E-state index is 12.8. The fraction of sp³-hybridized carbons (Fsp3) is 0.0833. The number of sulfonamides is 1. The second-order valence-corrected chi connectivity index (χ2v) is 8.95. The molecule has 7 nitrogen and oxygen atoms in total. The molecule has 0 fully saturated rings. The van der Waals surface area contributed by atoms with E-state index in [2.05, 4.69) is 10.0 Å². The summed E-state index contributed by atoms with van der Waals surface area (Å²) in [4.78, 5) is 12.8. The van der Waals surface area contributed by atoms with Crippen LogP contribution < -0.4 is 10.0 Å². The number of benzene rings is 3. The highest BCUT2D eigenvalue weighted by Crippen LogP contribution is 2.23. The smallest absolute Gasteiger partial charge is 0.251 e. The van der Waals surface area contributed by atoms with E-state index in [0.29, 0.717) is 0 Å². The molecule has 4 rings (SSSR count). The third kappa shape index (κ3) is 4.61. The molecular formula is C24H22N4O3S. The zero-order valence-electron chi connectivity index (χ0n) is 17.4. The molecule has 0 bridgehead atoms. The molecule has 32 heavy (non-hydrogen) atoms. The average molecular weight is 447 g/mol. The van der Waals surface area contributed by atoms with Gasteiger partial charge in [0.2, 0.25) is 10.0 Å². The number of aromatic nitrogens is 2. The summed E-state index contributed by atoms with van der Waals surface area (Å²) in [5.41, 5.74) is 3.72. The quantitative estimate of drug-likeness (QED) is 0.455. The van der Waals surface area contributed by atoms with Crippen LogP contribution in [-0.4, -0.2) is 31.2 Å². The van der Waals surface area contributed by atoms with Crippen molar-refractivity contribution < 1.29 is 13.2 Å². The van der Waals surface area contributed by atoms with Crippen LogP contribution in [0.3, 0.4) is 0 Å². The molecule has 2 N–H and O–H groups in total. The van der Waals surface area contributed by atoms with Crippen molar-refractivity contribution in [3.63, 3.8) is 0 Å². The second kappa shape index (κ2) is 9.17. The topological polar surface area (TPSA) is 93.1 Å². The molecule has 0 unspecified atom stereocenters. The molecule has 0 aliphatic rings. The number of rotatable bonds is 7. The molecule has 4 aromatic rings. The Hall–Kier alpha value is -3.75. The van der Waals surface area contributed by atoms with Gasteiger partial charge in [-0.05, 0) is 37.4 Å². The van der Waals surface area contributed by atoms with Crippen LogP contribution in [0.5, 0.6) is 0 Å². The summed E-state index contributed by atoms with van der Waals surface area (Å²) >= 11 is 0. The molecular weight excluding hydrogens is 424 g/mol. The Morgan fingerprint density at radius 2 is 1.62 bits per heavy atom. The highest BCUT2D eigenvalue weighted by atomic mass is 32.2. The number of para-hydroxylation sites is 1. The van der Waals surface area contributed by atoms with E-state index in [0.717, 1.165) is 22.5 Å². The molecule has 162 valence electrons. The summed E-state index contributed by atoms with van der Waals surface area (Å²) < 4.78 is 28.1. The molecule has 0 spiro atoms. The van der Waals surface area contributed by atoms with Crippen LogP contribution in [0, 0.1) is 0 Å². The molecule has 0 saturated carbocycles. The van der Waals surface area contributed by atoms with E-state index in [-0.39, 0.29) is 22.9 Å². The Morgan fingerprint density at radius 3 is 2.31 bits per heavy atom. The first kappa shape index (κ1) is 21.5. The molecule has 1 heterocycles. The van der Waals surface area contributed by atoms with Gasteiger partial charge in [0, 0.05) is 29.4 Å². The third-order valence-corrected chi connectivity index (χ3v) is 6.38. The van der Waals surface area contributed by atoms with Gasteiger partial charge in [-0.15, -0.1) is 0 Å². The van der Waals surface area contributed by atoms with Gasteiger partial charge in [-0.2, -0.15) is 5.10 Å². The summed E-state index contributed by atoms with van der Waals surface area (Å²) in [7, 11) is -2.30. The lowest BCUT2D eigenvalue weighted by atomic mass is 10.1. The van der Waals surface area contributed by atoms with Crippen molar-refractivity contribution in [3.8, 4) is 16.9 Å². The second-order valence-electron chi connectivity index (χ2n) is 7.07. The summed E-state index contributed by atoms with van der Waals surface area (Å²) in [6.07, 6.45) is 1.89. The highest BCUT2D eigenvalue weighted by Gasteiger charge is 2.16. The standard InChI is InChI=1S/C24H22N4O3S/c1-25-32(30,31)22-14-8-11-19(15-22)24(29)26-16-20-17-28(21-12-6-3-7-13-21)27-23(20)18-9-4-2-5-10-18/h2-15,17,25H,16H2,1H3,(H,26,29). The van der Waals surface area contributed by atoms with Crippen molar-refractivity contribution in [2.24, 2.45) is 0 Å². The van der Waals surface area contributed by atoms with Gasteiger partial charge in [0.05, 0.1) is 16.3 Å². The Balaban J connectivity index is 1.61. The first-order valence-electron chi connectivity index (χ1n) is 9.99. The van der Waals surface area contributed by atoms with Crippen LogP contribution in [-0.2, 0) is 16.6 Å². The maximum Gasteiger partial charge on any atom is 0.251 e.